The Labute approximate surface area is 176 Å². The fourth-order valence-electron chi connectivity index (χ4n) is 3.04. The lowest BCUT2D eigenvalue weighted by Gasteiger charge is -2.09. The summed E-state index contributed by atoms with van der Waals surface area (Å²) >= 11 is 0. The van der Waals surface area contributed by atoms with Crippen molar-refractivity contribution in [3.63, 3.8) is 0 Å². The molecule has 1 heterocycles. The molecule has 0 amide bonds. The van der Waals surface area contributed by atoms with Gasteiger partial charge < -0.3 is 4.74 Å². The molecule has 1 aromatic heterocycles. The Balaban J connectivity index is 1.68. The van der Waals surface area contributed by atoms with Crippen molar-refractivity contribution in [1.29, 1.82) is 0 Å². The van der Waals surface area contributed by atoms with Crippen molar-refractivity contribution in [1.82, 2.24) is 9.97 Å². The summed E-state index contributed by atoms with van der Waals surface area (Å²) in [5.41, 5.74) is 8.57. The molecule has 0 radical (unpaired) electrons. The van der Waals surface area contributed by atoms with E-state index in [9.17, 15) is 0 Å². The van der Waals surface area contributed by atoms with Gasteiger partial charge in [-0.2, -0.15) is 5.10 Å². The maximum atomic E-state index is 5.21. The lowest BCUT2D eigenvalue weighted by molar-refractivity contribution is 0.415. The second-order valence-electron chi connectivity index (χ2n) is 6.73. The normalized spacial score (nSPS) is 11.2. The summed E-state index contributed by atoms with van der Waals surface area (Å²) in [7, 11) is 1.65. The summed E-state index contributed by atoms with van der Waals surface area (Å²) in [6.07, 6.45) is 0. The monoisotopic (exact) mass is 394 g/mol. The van der Waals surface area contributed by atoms with Gasteiger partial charge in [0.1, 0.15) is 5.75 Å². The molecule has 0 aliphatic rings. The minimum absolute atomic E-state index is 0.447. The standard InChI is InChI=1S/C25H22N4O/c1-18(19-13-15-22(30-2)16-14-19)28-29-25-26-23(20-9-5-3-6-10-20)17-24(27-25)21-11-7-4-8-12-21/h3-17H,1-2H3,(H,26,27,29)/b28-18-. The van der Waals surface area contributed by atoms with Gasteiger partial charge in [0, 0.05) is 11.1 Å². The van der Waals surface area contributed by atoms with Gasteiger partial charge >= 0.3 is 0 Å². The van der Waals surface area contributed by atoms with Crippen LogP contribution in [0.1, 0.15) is 12.5 Å². The number of hydrazone groups is 1. The number of nitrogens with zero attached hydrogens (tertiary/aromatic N) is 3. The predicted molar refractivity (Wildman–Crippen MR) is 122 cm³/mol. The van der Waals surface area contributed by atoms with E-state index in [1.807, 2.05) is 97.9 Å². The zero-order chi connectivity index (χ0) is 20.8. The number of aromatic nitrogens is 2. The van der Waals surface area contributed by atoms with E-state index >= 15 is 0 Å². The lowest BCUT2D eigenvalue weighted by atomic mass is 10.1. The number of methoxy groups -OCH3 is 1. The molecule has 0 bridgehead atoms. The number of hydrogen-bond acceptors (Lipinski definition) is 5. The molecule has 0 atom stereocenters. The molecular formula is C25H22N4O. The summed E-state index contributed by atoms with van der Waals surface area (Å²) in [6.45, 7) is 1.94. The lowest BCUT2D eigenvalue weighted by Crippen LogP contribution is -2.04. The van der Waals surface area contributed by atoms with Crippen LogP contribution in [0.3, 0.4) is 0 Å². The second-order valence-corrected chi connectivity index (χ2v) is 6.73. The highest BCUT2D eigenvalue weighted by Crippen LogP contribution is 2.25. The molecule has 0 saturated carbocycles. The van der Waals surface area contributed by atoms with Crippen LogP contribution in [0.2, 0.25) is 0 Å². The Kier molecular flexibility index (Phi) is 5.80. The fourth-order valence-corrected chi connectivity index (χ4v) is 3.04. The van der Waals surface area contributed by atoms with E-state index < -0.39 is 0 Å². The van der Waals surface area contributed by atoms with Crippen molar-refractivity contribution in [2.75, 3.05) is 12.5 Å². The van der Waals surface area contributed by atoms with Gasteiger partial charge in [0.05, 0.1) is 24.2 Å². The van der Waals surface area contributed by atoms with Crippen LogP contribution in [0.25, 0.3) is 22.5 Å². The third-order valence-corrected chi connectivity index (χ3v) is 4.70. The molecule has 5 nitrogen and oxygen atoms in total. The number of nitrogens with one attached hydrogen (secondary N) is 1. The highest BCUT2D eigenvalue weighted by atomic mass is 16.5. The molecule has 0 unspecified atom stereocenters. The van der Waals surface area contributed by atoms with Gasteiger partial charge in [-0.25, -0.2) is 15.4 Å². The molecule has 0 fully saturated rings. The number of hydrogen-bond donors (Lipinski definition) is 1. The number of anilines is 1. The van der Waals surface area contributed by atoms with E-state index in [4.69, 9.17) is 4.74 Å². The van der Waals surface area contributed by atoms with Crippen LogP contribution in [0.4, 0.5) is 5.95 Å². The molecule has 30 heavy (non-hydrogen) atoms. The van der Waals surface area contributed by atoms with Crippen LogP contribution in [-0.4, -0.2) is 22.8 Å². The first kappa shape index (κ1) is 19.3. The molecule has 5 heteroatoms. The van der Waals surface area contributed by atoms with Crippen LogP contribution in [-0.2, 0) is 0 Å². The van der Waals surface area contributed by atoms with Gasteiger partial charge in [-0.1, -0.05) is 60.7 Å². The van der Waals surface area contributed by atoms with E-state index in [2.05, 4.69) is 20.5 Å². The van der Waals surface area contributed by atoms with Crippen LogP contribution in [0.5, 0.6) is 5.75 Å². The first-order valence-corrected chi connectivity index (χ1v) is 9.67. The largest absolute Gasteiger partial charge is 0.497 e. The Morgan fingerprint density at radius 2 is 1.30 bits per heavy atom. The number of ether oxygens (including phenoxy) is 1. The third-order valence-electron chi connectivity index (χ3n) is 4.70. The average molecular weight is 394 g/mol. The van der Waals surface area contributed by atoms with Crippen molar-refractivity contribution >= 4 is 11.7 Å². The van der Waals surface area contributed by atoms with Gasteiger partial charge in [0.25, 0.3) is 0 Å². The molecule has 0 spiro atoms. The molecule has 0 saturated heterocycles. The maximum absolute atomic E-state index is 5.21. The van der Waals surface area contributed by atoms with E-state index in [1.165, 1.54) is 0 Å². The second kappa shape index (κ2) is 9.01. The zero-order valence-corrected chi connectivity index (χ0v) is 16.9. The van der Waals surface area contributed by atoms with Crippen molar-refractivity contribution in [2.24, 2.45) is 5.10 Å². The zero-order valence-electron chi connectivity index (χ0n) is 16.9. The maximum Gasteiger partial charge on any atom is 0.244 e. The summed E-state index contributed by atoms with van der Waals surface area (Å²) in [4.78, 5) is 9.35. The van der Waals surface area contributed by atoms with Crippen molar-refractivity contribution < 1.29 is 4.74 Å². The van der Waals surface area contributed by atoms with Crippen LogP contribution in [0.15, 0.2) is 96.1 Å². The number of rotatable bonds is 6. The van der Waals surface area contributed by atoms with Crippen LogP contribution >= 0.6 is 0 Å². The highest BCUT2D eigenvalue weighted by Gasteiger charge is 2.08. The third kappa shape index (κ3) is 4.52. The Bertz CT molecular complexity index is 1080. The predicted octanol–water partition coefficient (Wildman–Crippen LogP) is 5.66. The quantitative estimate of drug-likeness (QED) is 0.339. The molecular weight excluding hydrogens is 372 g/mol. The molecule has 4 aromatic rings. The SMILES string of the molecule is COc1ccc(/C(C)=N\Nc2nc(-c3ccccc3)cc(-c3ccccc3)n2)cc1. The van der Waals surface area contributed by atoms with E-state index in [0.717, 1.165) is 39.5 Å². The first-order chi connectivity index (χ1) is 14.7. The smallest absolute Gasteiger partial charge is 0.244 e. The fraction of sp³-hybridized carbons (Fsp3) is 0.0800. The van der Waals surface area contributed by atoms with Crippen molar-refractivity contribution in [3.8, 4) is 28.3 Å². The first-order valence-electron chi connectivity index (χ1n) is 9.67. The Hall–Kier alpha value is -3.99. The van der Waals surface area contributed by atoms with Gasteiger partial charge in [0.15, 0.2) is 0 Å². The minimum Gasteiger partial charge on any atom is -0.497 e. The molecule has 0 aliphatic heterocycles. The van der Waals surface area contributed by atoms with E-state index in [0.29, 0.717) is 5.95 Å². The molecule has 0 aliphatic carbocycles. The summed E-state index contributed by atoms with van der Waals surface area (Å²) in [5, 5.41) is 4.49. The molecule has 1 N–H and O–H groups in total. The van der Waals surface area contributed by atoms with Crippen LogP contribution in [0, 0.1) is 0 Å². The van der Waals surface area contributed by atoms with Gasteiger partial charge in [-0.05, 0) is 42.8 Å². The molecule has 3 aromatic carbocycles. The minimum atomic E-state index is 0.447. The number of benzene rings is 3. The Morgan fingerprint density at radius 3 is 1.80 bits per heavy atom. The average Bonchev–Trinajstić information content (AvgIpc) is 2.83. The summed E-state index contributed by atoms with van der Waals surface area (Å²) in [5.74, 6) is 1.26. The Morgan fingerprint density at radius 1 is 0.767 bits per heavy atom. The van der Waals surface area contributed by atoms with Crippen LogP contribution < -0.4 is 10.2 Å². The van der Waals surface area contributed by atoms with Crippen molar-refractivity contribution in [2.45, 2.75) is 6.92 Å². The molecule has 148 valence electrons. The highest BCUT2D eigenvalue weighted by molar-refractivity contribution is 5.99. The molecule has 4 rings (SSSR count). The topological polar surface area (TPSA) is 59.4 Å². The van der Waals surface area contributed by atoms with Gasteiger partial charge in [0.2, 0.25) is 5.95 Å². The van der Waals surface area contributed by atoms with E-state index in [-0.39, 0.29) is 0 Å². The van der Waals surface area contributed by atoms with E-state index in [1.54, 1.807) is 7.11 Å². The summed E-state index contributed by atoms with van der Waals surface area (Å²) in [6, 6.07) is 29.9. The van der Waals surface area contributed by atoms with Crippen molar-refractivity contribution in [3.05, 3.63) is 96.6 Å². The van der Waals surface area contributed by atoms with Gasteiger partial charge in [-0.3, -0.25) is 0 Å². The summed E-state index contributed by atoms with van der Waals surface area (Å²) < 4.78 is 5.21. The van der Waals surface area contributed by atoms with Gasteiger partial charge in [-0.15, -0.1) is 0 Å².